The summed E-state index contributed by atoms with van der Waals surface area (Å²) in [5.41, 5.74) is 2.66. The van der Waals surface area contributed by atoms with Crippen molar-refractivity contribution in [2.24, 2.45) is 0 Å². The highest BCUT2D eigenvalue weighted by Crippen LogP contribution is 2.25. The third kappa shape index (κ3) is 3.87. The number of rotatable bonds is 5. The van der Waals surface area contributed by atoms with Crippen molar-refractivity contribution >= 4 is 16.9 Å². The molecule has 116 valence electrons. The summed E-state index contributed by atoms with van der Waals surface area (Å²) in [6.07, 6.45) is 2.05. The van der Waals surface area contributed by atoms with Crippen molar-refractivity contribution in [1.82, 2.24) is 4.57 Å². The first-order valence-corrected chi connectivity index (χ1v) is 7.91. The molecule has 0 bridgehead atoms. The lowest BCUT2D eigenvalue weighted by Gasteiger charge is -2.09. The summed E-state index contributed by atoms with van der Waals surface area (Å²) < 4.78 is 1.92. The van der Waals surface area contributed by atoms with E-state index in [9.17, 15) is 9.90 Å². The molecule has 3 nitrogen and oxygen atoms in total. The fourth-order valence-electron chi connectivity index (χ4n) is 2.38. The first kappa shape index (κ1) is 17.3. The summed E-state index contributed by atoms with van der Waals surface area (Å²) in [7, 11) is 0. The van der Waals surface area contributed by atoms with Crippen molar-refractivity contribution in [3.63, 3.8) is 0 Å². The monoisotopic (exact) mass is 289 g/mol. The van der Waals surface area contributed by atoms with Gasteiger partial charge in [0, 0.05) is 17.4 Å². The molecule has 2 aromatic rings. The summed E-state index contributed by atoms with van der Waals surface area (Å²) in [4.78, 5) is 11.4. The fraction of sp³-hybridized carbons (Fsp3) is 0.500. The lowest BCUT2D eigenvalue weighted by atomic mass is 10.0. The largest absolute Gasteiger partial charge is 0.477 e. The second-order valence-electron chi connectivity index (χ2n) is 5.31. The molecule has 0 aliphatic carbocycles. The van der Waals surface area contributed by atoms with E-state index in [1.807, 2.05) is 24.5 Å². The van der Waals surface area contributed by atoms with Crippen molar-refractivity contribution in [2.45, 2.75) is 59.9 Å². The van der Waals surface area contributed by atoms with Gasteiger partial charge in [0.2, 0.25) is 0 Å². The van der Waals surface area contributed by atoms with Gasteiger partial charge in [-0.25, -0.2) is 4.79 Å². The Balaban J connectivity index is 0.00000106. The van der Waals surface area contributed by atoms with Crippen LogP contribution in [0.5, 0.6) is 0 Å². The van der Waals surface area contributed by atoms with Crippen LogP contribution >= 0.6 is 0 Å². The van der Waals surface area contributed by atoms with Crippen LogP contribution in [-0.2, 0) is 6.54 Å². The molecule has 0 unspecified atom stereocenters. The molecular formula is C18H27NO2. The van der Waals surface area contributed by atoms with E-state index in [2.05, 4.69) is 32.9 Å². The summed E-state index contributed by atoms with van der Waals surface area (Å²) in [6.45, 7) is 11.2. The van der Waals surface area contributed by atoms with Crippen molar-refractivity contribution in [3.8, 4) is 0 Å². The number of carboxylic acid groups (broad SMARTS) is 1. The molecule has 0 amide bonds. The molecule has 1 N–H and O–H groups in total. The van der Waals surface area contributed by atoms with E-state index in [0.717, 1.165) is 30.3 Å². The van der Waals surface area contributed by atoms with Gasteiger partial charge in [-0.05, 0) is 36.1 Å². The molecule has 0 radical (unpaired) electrons. The Kier molecular flexibility index (Phi) is 6.47. The lowest BCUT2D eigenvalue weighted by Crippen LogP contribution is -2.08. The number of hydrogen-bond donors (Lipinski definition) is 1. The van der Waals surface area contributed by atoms with Crippen molar-refractivity contribution in [1.29, 1.82) is 0 Å². The Labute approximate surface area is 127 Å². The number of carboxylic acids is 1. The zero-order valence-electron chi connectivity index (χ0n) is 13.8. The average molecular weight is 289 g/mol. The number of fused-ring (bicyclic) bond motifs is 1. The molecule has 1 aromatic heterocycles. The summed E-state index contributed by atoms with van der Waals surface area (Å²) in [6, 6.07) is 8.04. The molecule has 1 aromatic carbocycles. The van der Waals surface area contributed by atoms with E-state index >= 15 is 0 Å². The second kappa shape index (κ2) is 7.87. The molecular weight excluding hydrogens is 262 g/mol. The minimum absolute atomic E-state index is 0.393. The first-order chi connectivity index (χ1) is 10.0. The summed E-state index contributed by atoms with van der Waals surface area (Å²) >= 11 is 0. The van der Waals surface area contributed by atoms with Gasteiger partial charge in [-0.15, -0.1) is 0 Å². The molecule has 1 heterocycles. The van der Waals surface area contributed by atoms with Crippen LogP contribution in [0.1, 0.15) is 69.4 Å². The normalized spacial score (nSPS) is 10.6. The van der Waals surface area contributed by atoms with Crippen molar-refractivity contribution in [2.75, 3.05) is 0 Å². The number of aromatic carboxylic acids is 1. The molecule has 0 aliphatic rings. The molecule has 0 atom stereocenters. The molecule has 2 rings (SSSR count). The SMILES string of the molecule is CC.CCCCn1c(C(=O)O)cc2cc(C(C)C)ccc21. The number of unbranched alkanes of at least 4 members (excludes halogenated alkanes) is 1. The number of benzene rings is 1. The number of nitrogens with zero attached hydrogens (tertiary/aromatic N) is 1. The maximum absolute atomic E-state index is 11.4. The van der Waals surface area contributed by atoms with E-state index in [-0.39, 0.29) is 0 Å². The molecule has 0 saturated heterocycles. The maximum Gasteiger partial charge on any atom is 0.352 e. The second-order valence-corrected chi connectivity index (χ2v) is 5.31. The van der Waals surface area contributed by atoms with E-state index in [4.69, 9.17) is 0 Å². The quantitative estimate of drug-likeness (QED) is 0.812. The predicted molar refractivity (Wildman–Crippen MR) is 89.2 cm³/mol. The van der Waals surface area contributed by atoms with Crippen LogP contribution in [0.2, 0.25) is 0 Å². The van der Waals surface area contributed by atoms with Gasteiger partial charge in [-0.2, -0.15) is 0 Å². The highest BCUT2D eigenvalue weighted by Gasteiger charge is 2.14. The molecule has 0 spiro atoms. The highest BCUT2D eigenvalue weighted by molar-refractivity contribution is 5.94. The van der Waals surface area contributed by atoms with Gasteiger partial charge >= 0.3 is 5.97 Å². The Hall–Kier alpha value is -1.77. The van der Waals surface area contributed by atoms with Gasteiger partial charge in [0.1, 0.15) is 5.69 Å². The van der Waals surface area contributed by atoms with Crippen LogP contribution in [0.15, 0.2) is 24.3 Å². The van der Waals surface area contributed by atoms with Gasteiger partial charge < -0.3 is 9.67 Å². The Morgan fingerprint density at radius 2 is 1.90 bits per heavy atom. The third-order valence-corrected chi connectivity index (χ3v) is 3.55. The van der Waals surface area contributed by atoms with Gasteiger partial charge in [-0.3, -0.25) is 0 Å². The van der Waals surface area contributed by atoms with Crippen LogP contribution in [0, 0.1) is 0 Å². The minimum atomic E-state index is -0.849. The van der Waals surface area contributed by atoms with E-state index < -0.39 is 5.97 Å². The van der Waals surface area contributed by atoms with Crippen LogP contribution in [0.25, 0.3) is 10.9 Å². The molecule has 0 aliphatic heterocycles. The Morgan fingerprint density at radius 3 is 2.43 bits per heavy atom. The molecule has 3 heteroatoms. The predicted octanol–water partition coefficient (Wildman–Crippen LogP) is 5.29. The van der Waals surface area contributed by atoms with Crippen LogP contribution in [0.3, 0.4) is 0 Å². The molecule has 21 heavy (non-hydrogen) atoms. The van der Waals surface area contributed by atoms with Gasteiger partial charge in [-0.1, -0.05) is 47.1 Å². The zero-order chi connectivity index (χ0) is 16.0. The smallest absolute Gasteiger partial charge is 0.352 e. The standard InChI is InChI=1S/C16H21NO2.C2H6/c1-4-5-8-17-14-7-6-12(11(2)3)9-13(14)10-15(17)16(18)19;1-2/h6-7,9-11H,4-5,8H2,1-3H3,(H,18,19);1-2H3. The Bertz CT molecular complexity index is 597. The van der Waals surface area contributed by atoms with Crippen molar-refractivity contribution < 1.29 is 9.90 Å². The van der Waals surface area contributed by atoms with Gasteiger partial charge in [0.15, 0.2) is 0 Å². The average Bonchev–Trinajstić information content (AvgIpc) is 2.85. The lowest BCUT2D eigenvalue weighted by molar-refractivity contribution is 0.0685. The summed E-state index contributed by atoms with van der Waals surface area (Å²) in [5, 5.41) is 10.4. The van der Waals surface area contributed by atoms with Crippen LogP contribution < -0.4 is 0 Å². The first-order valence-electron chi connectivity index (χ1n) is 7.91. The maximum atomic E-state index is 11.4. The fourth-order valence-corrected chi connectivity index (χ4v) is 2.38. The van der Waals surface area contributed by atoms with E-state index in [1.54, 1.807) is 6.07 Å². The van der Waals surface area contributed by atoms with E-state index in [0.29, 0.717) is 11.6 Å². The van der Waals surface area contributed by atoms with Crippen LogP contribution in [-0.4, -0.2) is 15.6 Å². The van der Waals surface area contributed by atoms with E-state index in [1.165, 1.54) is 5.56 Å². The molecule has 0 fully saturated rings. The summed E-state index contributed by atoms with van der Waals surface area (Å²) in [5.74, 6) is -0.393. The Morgan fingerprint density at radius 1 is 1.24 bits per heavy atom. The van der Waals surface area contributed by atoms with Gasteiger partial charge in [0.25, 0.3) is 0 Å². The highest BCUT2D eigenvalue weighted by atomic mass is 16.4. The van der Waals surface area contributed by atoms with Crippen LogP contribution in [0.4, 0.5) is 0 Å². The van der Waals surface area contributed by atoms with Crippen molar-refractivity contribution in [3.05, 3.63) is 35.5 Å². The third-order valence-electron chi connectivity index (χ3n) is 3.55. The number of carbonyl (C=O) groups is 1. The number of aryl methyl sites for hydroxylation is 1. The number of aromatic nitrogens is 1. The van der Waals surface area contributed by atoms with Gasteiger partial charge in [0.05, 0.1) is 0 Å². The minimum Gasteiger partial charge on any atom is -0.477 e. The topological polar surface area (TPSA) is 42.2 Å². The zero-order valence-corrected chi connectivity index (χ0v) is 13.8. The molecule has 0 saturated carbocycles. The number of hydrogen-bond acceptors (Lipinski definition) is 1.